The van der Waals surface area contributed by atoms with Crippen LogP contribution in [0.3, 0.4) is 0 Å². The second-order valence-corrected chi connectivity index (χ2v) is 6.65. The van der Waals surface area contributed by atoms with Gasteiger partial charge in [0.05, 0.1) is 4.92 Å². The SMILES string of the molecule is CC1CN(c2nc(C(=O)O)ccc2[N+](=O)[O-])CC(C)S1. The van der Waals surface area contributed by atoms with Crippen LogP contribution in [0.25, 0.3) is 0 Å². The van der Waals surface area contributed by atoms with Gasteiger partial charge in [0.2, 0.25) is 5.82 Å². The number of nitrogens with zero attached hydrogens (tertiary/aromatic N) is 3. The van der Waals surface area contributed by atoms with E-state index >= 15 is 0 Å². The lowest BCUT2D eigenvalue weighted by atomic mass is 10.2. The monoisotopic (exact) mass is 297 g/mol. The Morgan fingerprint density at radius 2 is 2.05 bits per heavy atom. The first-order valence-corrected chi connectivity index (χ1v) is 7.12. The molecule has 0 aromatic carbocycles. The first-order chi connectivity index (χ1) is 9.38. The summed E-state index contributed by atoms with van der Waals surface area (Å²) >= 11 is 1.81. The van der Waals surface area contributed by atoms with Crippen LogP contribution >= 0.6 is 11.8 Å². The number of thioether (sulfide) groups is 1. The van der Waals surface area contributed by atoms with Crippen molar-refractivity contribution in [3.63, 3.8) is 0 Å². The van der Waals surface area contributed by atoms with E-state index in [1.807, 2.05) is 25.6 Å². The zero-order valence-corrected chi connectivity index (χ0v) is 12.0. The maximum Gasteiger partial charge on any atom is 0.354 e. The number of carbonyl (C=O) groups is 1. The molecule has 0 amide bonds. The minimum absolute atomic E-state index is 0.147. The molecule has 2 rings (SSSR count). The van der Waals surface area contributed by atoms with Gasteiger partial charge in [-0.05, 0) is 6.07 Å². The van der Waals surface area contributed by atoms with E-state index in [0.29, 0.717) is 23.6 Å². The number of rotatable bonds is 3. The summed E-state index contributed by atoms with van der Waals surface area (Å²) in [6.45, 7) is 5.32. The number of pyridine rings is 1. The molecule has 2 atom stereocenters. The number of aromatic nitrogens is 1. The lowest BCUT2D eigenvalue weighted by Gasteiger charge is -2.35. The predicted octanol–water partition coefficient (Wildman–Crippen LogP) is 2.02. The average molecular weight is 297 g/mol. The third kappa shape index (κ3) is 3.01. The van der Waals surface area contributed by atoms with E-state index < -0.39 is 10.9 Å². The van der Waals surface area contributed by atoms with Gasteiger partial charge < -0.3 is 10.0 Å². The van der Waals surface area contributed by atoms with Crippen LogP contribution in [0, 0.1) is 10.1 Å². The highest BCUT2D eigenvalue weighted by atomic mass is 32.2. The average Bonchev–Trinajstić information content (AvgIpc) is 2.36. The zero-order valence-electron chi connectivity index (χ0n) is 11.1. The summed E-state index contributed by atoms with van der Waals surface area (Å²) in [5.41, 5.74) is -0.328. The molecule has 1 aromatic rings. The molecule has 2 heterocycles. The Balaban J connectivity index is 2.43. The van der Waals surface area contributed by atoms with E-state index in [0.717, 1.165) is 6.07 Å². The van der Waals surface area contributed by atoms with Gasteiger partial charge in [0.1, 0.15) is 0 Å². The van der Waals surface area contributed by atoms with Gasteiger partial charge in [-0.15, -0.1) is 0 Å². The van der Waals surface area contributed by atoms with E-state index in [2.05, 4.69) is 4.98 Å². The number of carboxylic acids is 1. The van der Waals surface area contributed by atoms with E-state index in [1.54, 1.807) is 4.90 Å². The van der Waals surface area contributed by atoms with Crippen LogP contribution in [-0.2, 0) is 0 Å². The molecule has 1 saturated heterocycles. The Hall–Kier alpha value is -1.83. The summed E-state index contributed by atoms with van der Waals surface area (Å²) in [7, 11) is 0. The van der Waals surface area contributed by atoms with Crippen molar-refractivity contribution < 1.29 is 14.8 Å². The molecular weight excluding hydrogens is 282 g/mol. The summed E-state index contributed by atoms with van der Waals surface area (Å²) in [5, 5.41) is 20.7. The van der Waals surface area contributed by atoms with Gasteiger partial charge in [0, 0.05) is 29.7 Å². The van der Waals surface area contributed by atoms with Crippen LogP contribution in [0.2, 0.25) is 0 Å². The molecule has 0 bridgehead atoms. The van der Waals surface area contributed by atoms with Gasteiger partial charge in [-0.3, -0.25) is 10.1 Å². The molecule has 0 radical (unpaired) electrons. The lowest BCUT2D eigenvalue weighted by molar-refractivity contribution is -0.384. The Kier molecular flexibility index (Phi) is 4.12. The van der Waals surface area contributed by atoms with Crippen LogP contribution in [0.5, 0.6) is 0 Å². The van der Waals surface area contributed by atoms with Crippen molar-refractivity contribution >= 4 is 29.2 Å². The fourth-order valence-electron chi connectivity index (χ4n) is 2.29. The second kappa shape index (κ2) is 5.66. The smallest absolute Gasteiger partial charge is 0.354 e. The maximum atomic E-state index is 11.1. The summed E-state index contributed by atoms with van der Waals surface area (Å²) in [6, 6.07) is 2.37. The summed E-state index contributed by atoms with van der Waals surface area (Å²) in [4.78, 5) is 27.3. The van der Waals surface area contributed by atoms with Crippen molar-refractivity contribution in [3.05, 3.63) is 27.9 Å². The summed E-state index contributed by atoms with van der Waals surface area (Å²) < 4.78 is 0. The quantitative estimate of drug-likeness (QED) is 0.673. The van der Waals surface area contributed by atoms with Gasteiger partial charge in [-0.1, -0.05) is 13.8 Å². The van der Waals surface area contributed by atoms with Gasteiger partial charge in [-0.25, -0.2) is 9.78 Å². The lowest BCUT2D eigenvalue weighted by Crippen LogP contribution is -2.41. The van der Waals surface area contributed by atoms with Crippen LogP contribution in [0.15, 0.2) is 12.1 Å². The van der Waals surface area contributed by atoms with Crippen molar-refractivity contribution in [2.24, 2.45) is 0 Å². The first-order valence-electron chi connectivity index (χ1n) is 6.17. The van der Waals surface area contributed by atoms with Crippen molar-refractivity contribution in [2.45, 2.75) is 24.3 Å². The number of hydrogen-bond acceptors (Lipinski definition) is 6. The number of nitro groups is 1. The highest BCUT2D eigenvalue weighted by molar-refractivity contribution is 8.00. The number of hydrogen-bond donors (Lipinski definition) is 1. The van der Waals surface area contributed by atoms with Gasteiger partial charge in [0.15, 0.2) is 5.69 Å². The molecule has 0 aliphatic carbocycles. The van der Waals surface area contributed by atoms with Crippen LogP contribution in [0.4, 0.5) is 11.5 Å². The molecule has 1 aromatic heterocycles. The summed E-state index contributed by atoms with van der Waals surface area (Å²) in [6.07, 6.45) is 0. The molecule has 8 heteroatoms. The van der Waals surface area contributed by atoms with Crippen molar-refractivity contribution in [1.82, 2.24) is 4.98 Å². The Morgan fingerprint density at radius 1 is 1.45 bits per heavy atom. The Bertz CT molecular complexity index is 542. The van der Waals surface area contributed by atoms with Crippen molar-refractivity contribution in [2.75, 3.05) is 18.0 Å². The molecule has 1 aliphatic heterocycles. The molecule has 0 saturated carbocycles. The third-order valence-electron chi connectivity index (χ3n) is 2.99. The summed E-state index contributed by atoms with van der Waals surface area (Å²) in [5.74, 6) is -1.04. The standard InChI is InChI=1S/C12H15N3O4S/c1-7-5-14(6-8(2)20-7)11-10(15(18)19)4-3-9(13-11)12(16)17/h3-4,7-8H,5-6H2,1-2H3,(H,16,17). The third-order valence-corrected chi connectivity index (χ3v) is 4.22. The van der Waals surface area contributed by atoms with E-state index in [9.17, 15) is 14.9 Å². The molecule has 1 fully saturated rings. The number of anilines is 1. The molecule has 7 nitrogen and oxygen atoms in total. The predicted molar refractivity (Wildman–Crippen MR) is 76.6 cm³/mol. The first kappa shape index (κ1) is 14.6. The molecule has 0 spiro atoms. The molecule has 2 unspecified atom stereocenters. The van der Waals surface area contributed by atoms with Crippen molar-refractivity contribution in [3.8, 4) is 0 Å². The number of aromatic carboxylic acids is 1. The minimum Gasteiger partial charge on any atom is -0.477 e. The number of carboxylic acid groups (broad SMARTS) is 1. The maximum absolute atomic E-state index is 11.1. The Labute approximate surface area is 120 Å². The van der Waals surface area contributed by atoms with Gasteiger partial charge >= 0.3 is 11.7 Å². The molecule has 108 valence electrons. The topological polar surface area (TPSA) is 96.6 Å². The largest absolute Gasteiger partial charge is 0.477 e. The fraction of sp³-hybridized carbons (Fsp3) is 0.500. The van der Waals surface area contributed by atoms with E-state index in [4.69, 9.17) is 5.11 Å². The Morgan fingerprint density at radius 3 is 2.55 bits per heavy atom. The van der Waals surface area contributed by atoms with E-state index in [1.165, 1.54) is 6.07 Å². The van der Waals surface area contributed by atoms with E-state index in [-0.39, 0.29) is 17.2 Å². The van der Waals surface area contributed by atoms with Gasteiger partial charge in [0.25, 0.3) is 0 Å². The van der Waals surface area contributed by atoms with Gasteiger partial charge in [-0.2, -0.15) is 11.8 Å². The zero-order chi connectivity index (χ0) is 14.9. The fourth-order valence-corrected chi connectivity index (χ4v) is 3.61. The molecule has 1 N–H and O–H groups in total. The highest BCUT2D eigenvalue weighted by Gasteiger charge is 2.29. The van der Waals surface area contributed by atoms with Crippen LogP contribution < -0.4 is 4.90 Å². The van der Waals surface area contributed by atoms with Crippen LogP contribution in [-0.4, -0.2) is 44.6 Å². The van der Waals surface area contributed by atoms with Crippen LogP contribution in [0.1, 0.15) is 24.3 Å². The molecular formula is C12H15N3O4S. The van der Waals surface area contributed by atoms with Crippen molar-refractivity contribution in [1.29, 1.82) is 0 Å². The highest BCUT2D eigenvalue weighted by Crippen LogP contribution is 2.32. The normalized spacial score (nSPS) is 22.6. The molecule has 1 aliphatic rings. The molecule has 20 heavy (non-hydrogen) atoms. The minimum atomic E-state index is -1.19. The second-order valence-electron chi connectivity index (χ2n) is 4.76.